The Labute approximate surface area is 151 Å². The predicted molar refractivity (Wildman–Crippen MR) is 95.3 cm³/mol. The lowest BCUT2D eigenvalue weighted by Gasteiger charge is -2.35. The van der Waals surface area contributed by atoms with Crippen LogP contribution < -0.4 is 0 Å². The summed E-state index contributed by atoms with van der Waals surface area (Å²) in [5, 5.41) is 8.87. The zero-order valence-corrected chi connectivity index (χ0v) is 15.4. The Hall–Kier alpha value is -1.93. The molecular weight excluding hydrogens is 338 g/mol. The molecule has 25 heavy (non-hydrogen) atoms. The molecule has 1 aliphatic rings. The van der Waals surface area contributed by atoms with Gasteiger partial charge < -0.3 is 14.2 Å². The summed E-state index contributed by atoms with van der Waals surface area (Å²) >= 11 is 1.43. The van der Waals surface area contributed by atoms with E-state index in [2.05, 4.69) is 15.2 Å². The smallest absolute Gasteiger partial charge is 0.233 e. The fraction of sp³-hybridized carbons (Fsp3) is 0.529. The van der Waals surface area contributed by atoms with Gasteiger partial charge in [0.05, 0.1) is 18.0 Å². The number of hydrogen-bond acceptors (Lipinski definition) is 6. The highest BCUT2D eigenvalue weighted by atomic mass is 32.2. The molecule has 3 rings (SSSR count). The van der Waals surface area contributed by atoms with Crippen LogP contribution in [0, 0.1) is 0 Å². The number of thioether (sulfide) groups is 1. The highest BCUT2D eigenvalue weighted by molar-refractivity contribution is 7.99. The number of carbonyl (C=O) groups is 1. The number of morpholine rings is 1. The average molecular weight is 361 g/mol. The normalized spacial score (nSPS) is 20.6. The van der Waals surface area contributed by atoms with Gasteiger partial charge in [0.25, 0.3) is 0 Å². The van der Waals surface area contributed by atoms with Gasteiger partial charge in [-0.25, -0.2) is 0 Å². The number of hydrogen-bond donors (Lipinski definition) is 0. The second-order valence-electron chi connectivity index (χ2n) is 6.22. The van der Waals surface area contributed by atoms with Gasteiger partial charge in [-0.1, -0.05) is 17.8 Å². The van der Waals surface area contributed by atoms with Gasteiger partial charge >= 0.3 is 0 Å². The topological polar surface area (TPSA) is 73.1 Å². The van der Waals surface area contributed by atoms with Crippen molar-refractivity contribution >= 4 is 17.7 Å². The van der Waals surface area contributed by atoms with E-state index in [4.69, 9.17) is 4.74 Å². The quantitative estimate of drug-likeness (QED) is 0.729. The Kier molecular flexibility index (Phi) is 6.04. The van der Waals surface area contributed by atoms with Crippen LogP contribution in [0.25, 0.3) is 0 Å². The lowest BCUT2D eigenvalue weighted by atomic mass is 10.2. The Morgan fingerprint density at radius 1 is 1.32 bits per heavy atom. The molecule has 8 heteroatoms. The number of amides is 1. The molecule has 2 atom stereocenters. The minimum Gasteiger partial charge on any atom is -0.372 e. The van der Waals surface area contributed by atoms with Gasteiger partial charge in [0.1, 0.15) is 6.33 Å². The first-order chi connectivity index (χ1) is 12.1. The molecule has 0 radical (unpaired) electrons. The van der Waals surface area contributed by atoms with E-state index in [1.165, 1.54) is 11.8 Å². The van der Waals surface area contributed by atoms with Crippen LogP contribution in [0.4, 0.5) is 0 Å². The summed E-state index contributed by atoms with van der Waals surface area (Å²) in [6.45, 7) is 6.03. The van der Waals surface area contributed by atoms with Crippen LogP contribution in [0.1, 0.15) is 19.5 Å². The van der Waals surface area contributed by atoms with Crippen molar-refractivity contribution in [1.29, 1.82) is 0 Å². The first-order valence-corrected chi connectivity index (χ1v) is 9.44. The van der Waals surface area contributed by atoms with E-state index >= 15 is 0 Å². The largest absolute Gasteiger partial charge is 0.372 e. The second-order valence-corrected chi connectivity index (χ2v) is 7.17. The number of carbonyl (C=O) groups excluding carboxylic acids is 1. The number of aryl methyl sites for hydroxylation is 2. The lowest BCUT2D eigenvalue weighted by molar-refractivity contribution is -0.140. The van der Waals surface area contributed by atoms with Crippen LogP contribution in [0.5, 0.6) is 0 Å². The maximum absolute atomic E-state index is 12.5. The fourth-order valence-corrected chi connectivity index (χ4v) is 3.73. The van der Waals surface area contributed by atoms with E-state index in [-0.39, 0.29) is 18.1 Å². The van der Waals surface area contributed by atoms with Crippen LogP contribution in [-0.2, 0) is 22.5 Å². The molecule has 2 unspecified atom stereocenters. The molecule has 1 amide bonds. The number of aromatic nitrogens is 4. The molecule has 2 aromatic heterocycles. The molecule has 0 saturated carbocycles. The molecule has 1 aliphatic heterocycles. The molecular formula is C17H23N5O2S. The third-order valence-electron chi connectivity index (χ3n) is 4.01. The highest BCUT2D eigenvalue weighted by Gasteiger charge is 2.26. The van der Waals surface area contributed by atoms with Crippen LogP contribution in [0.3, 0.4) is 0 Å². The SMILES string of the molecule is CC1CN(C(=O)CSc2nncn2CCc2ccccn2)CC(C)O1. The van der Waals surface area contributed by atoms with Gasteiger partial charge in [-0.05, 0) is 26.0 Å². The number of ether oxygens (including phenoxy) is 1. The second kappa shape index (κ2) is 8.44. The first kappa shape index (κ1) is 17.9. The lowest BCUT2D eigenvalue weighted by Crippen LogP contribution is -2.48. The van der Waals surface area contributed by atoms with Crippen molar-refractivity contribution in [2.75, 3.05) is 18.8 Å². The maximum atomic E-state index is 12.5. The van der Waals surface area contributed by atoms with Gasteiger partial charge in [-0.2, -0.15) is 0 Å². The summed E-state index contributed by atoms with van der Waals surface area (Å²) in [4.78, 5) is 18.7. The maximum Gasteiger partial charge on any atom is 0.233 e. The van der Waals surface area contributed by atoms with E-state index in [9.17, 15) is 4.79 Å². The Balaban J connectivity index is 1.52. The third-order valence-corrected chi connectivity index (χ3v) is 4.98. The molecule has 2 aromatic rings. The summed E-state index contributed by atoms with van der Waals surface area (Å²) in [6.07, 6.45) is 4.47. The molecule has 7 nitrogen and oxygen atoms in total. The van der Waals surface area contributed by atoms with Crippen molar-refractivity contribution in [2.24, 2.45) is 0 Å². The average Bonchev–Trinajstić information content (AvgIpc) is 3.05. The molecule has 0 aliphatic carbocycles. The van der Waals surface area contributed by atoms with Gasteiger partial charge in [-0.3, -0.25) is 9.78 Å². The summed E-state index contributed by atoms with van der Waals surface area (Å²) < 4.78 is 7.65. The molecule has 3 heterocycles. The van der Waals surface area contributed by atoms with Crippen molar-refractivity contribution in [3.8, 4) is 0 Å². The van der Waals surface area contributed by atoms with Crippen LogP contribution >= 0.6 is 11.8 Å². The van der Waals surface area contributed by atoms with Crippen LogP contribution in [0.2, 0.25) is 0 Å². The van der Waals surface area contributed by atoms with Crippen LogP contribution in [0.15, 0.2) is 35.9 Å². The number of nitrogens with zero attached hydrogens (tertiary/aromatic N) is 5. The predicted octanol–water partition coefficient (Wildman–Crippen LogP) is 1.64. The van der Waals surface area contributed by atoms with Gasteiger partial charge in [0.2, 0.25) is 5.91 Å². The molecule has 0 aromatic carbocycles. The van der Waals surface area contributed by atoms with Gasteiger partial charge in [-0.15, -0.1) is 10.2 Å². The molecule has 134 valence electrons. The third kappa shape index (κ3) is 5.02. The van der Waals surface area contributed by atoms with E-state index in [1.54, 1.807) is 12.5 Å². The number of pyridine rings is 1. The zero-order valence-electron chi connectivity index (χ0n) is 14.5. The Bertz CT molecular complexity index is 683. The van der Waals surface area contributed by atoms with Crippen molar-refractivity contribution in [1.82, 2.24) is 24.6 Å². The Morgan fingerprint density at radius 3 is 2.84 bits per heavy atom. The summed E-state index contributed by atoms with van der Waals surface area (Å²) in [7, 11) is 0. The summed E-state index contributed by atoms with van der Waals surface area (Å²) in [5.41, 5.74) is 1.03. The molecule has 0 spiro atoms. The molecule has 0 bridgehead atoms. The van der Waals surface area contributed by atoms with E-state index < -0.39 is 0 Å². The van der Waals surface area contributed by atoms with Crippen molar-refractivity contribution in [2.45, 2.75) is 44.2 Å². The van der Waals surface area contributed by atoms with Gasteiger partial charge in [0.15, 0.2) is 5.16 Å². The van der Waals surface area contributed by atoms with Crippen molar-refractivity contribution in [3.63, 3.8) is 0 Å². The Morgan fingerprint density at radius 2 is 2.12 bits per heavy atom. The summed E-state index contributed by atoms with van der Waals surface area (Å²) in [6, 6.07) is 5.89. The van der Waals surface area contributed by atoms with Gasteiger partial charge in [0, 0.05) is 37.9 Å². The van der Waals surface area contributed by atoms with Crippen molar-refractivity contribution < 1.29 is 9.53 Å². The fourth-order valence-electron chi connectivity index (χ4n) is 2.89. The van der Waals surface area contributed by atoms with Crippen molar-refractivity contribution in [3.05, 3.63) is 36.4 Å². The molecule has 0 N–H and O–H groups in total. The van der Waals surface area contributed by atoms with E-state index in [0.29, 0.717) is 18.8 Å². The van der Waals surface area contributed by atoms with E-state index in [0.717, 1.165) is 23.8 Å². The standard InChI is InChI=1S/C17H23N5O2S/c1-13-9-22(10-14(2)24-13)16(23)11-25-17-20-19-12-21(17)8-6-15-5-3-4-7-18-15/h3-5,7,12-14H,6,8-11H2,1-2H3. The molecule has 1 fully saturated rings. The minimum atomic E-state index is 0.0831. The van der Waals surface area contributed by atoms with E-state index in [1.807, 2.05) is 41.5 Å². The molecule has 1 saturated heterocycles. The number of rotatable bonds is 6. The zero-order chi connectivity index (χ0) is 17.6. The first-order valence-electron chi connectivity index (χ1n) is 8.45. The van der Waals surface area contributed by atoms with Crippen LogP contribution in [-0.4, -0.2) is 61.6 Å². The summed E-state index contributed by atoms with van der Waals surface area (Å²) in [5.74, 6) is 0.480. The highest BCUT2D eigenvalue weighted by Crippen LogP contribution is 2.18. The monoisotopic (exact) mass is 361 g/mol. The minimum absolute atomic E-state index is 0.0831.